The maximum absolute atomic E-state index is 13.3. The van der Waals surface area contributed by atoms with Gasteiger partial charge < -0.3 is 40.8 Å². The number of carbonyl (C=O) groups is 5. The molecule has 0 radical (unpaired) electrons. The highest BCUT2D eigenvalue weighted by Gasteiger charge is 2.24. The van der Waals surface area contributed by atoms with Crippen molar-refractivity contribution in [1.82, 2.24) is 35.1 Å². The first-order valence-electron chi connectivity index (χ1n) is 20.8. The van der Waals surface area contributed by atoms with Crippen molar-refractivity contribution in [2.45, 2.75) is 38.3 Å². The van der Waals surface area contributed by atoms with Crippen LogP contribution in [0.5, 0.6) is 5.75 Å². The highest BCUT2D eigenvalue weighted by Crippen LogP contribution is 2.44. The van der Waals surface area contributed by atoms with E-state index in [4.69, 9.17) is 14.9 Å². The number of nitrogens with one attached hydrogen (secondary N) is 4. The number of nitrogens with two attached hydrogens (primary N) is 1. The summed E-state index contributed by atoms with van der Waals surface area (Å²) in [5.74, 6) is -1.90. The number of nitrogen functional groups attached to an aromatic ring is 1. The lowest BCUT2D eigenvalue weighted by molar-refractivity contribution is -0.139. The van der Waals surface area contributed by atoms with Gasteiger partial charge in [0.2, 0.25) is 11.3 Å². The number of nitrogens with zero attached hydrogens (tertiary/aromatic N) is 5. The number of ketones is 1. The molecule has 0 saturated carbocycles. The number of amides is 2. The first kappa shape index (κ1) is 45.5. The largest absolute Gasteiger partial charge is 0.480 e. The maximum atomic E-state index is 13.3. The Morgan fingerprint density at radius 3 is 2.42 bits per heavy atom. The van der Waals surface area contributed by atoms with Crippen LogP contribution in [-0.4, -0.2) is 95.9 Å². The number of aromatic amines is 1. The Morgan fingerprint density at radius 1 is 0.939 bits per heavy atom. The second kappa shape index (κ2) is 19.9. The first-order valence-corrected chi connectivity index (χ1v) is 20.8. The zero-order chi connectivity index (χ0) is 47.1. The predicted molar refractivity (Wildman–Crippen MR) is 247 cm³/mol. The summed E-state index contributed by atoms with van der Waals surface area (Å²) < 4.78 is 13.9. The number of carboxylic acids is 1. The van der Waals surface area contributed by atoms with Crippen LogP contribution in [0.15, 0.2) is 94.3 Å². The Balaban J connectivity index is 0.921. The van der Waals surface area contributed by atoms with Crippen LogP contribution in [0.4, 0.5) is 17.3 Å². The number of rotatable bonds is 18. The van der Waals surface area contributed by atoms with Gasteiger partial charge in [-0.15, -0.1) is 0 Å². The summed E-state index contributed by atoms with van der Waals surface area (Å²) in [5.41, 5.74) is 10.3. The summed E-state index contributed by atoms with van der Waals surface area (Å²) in [6.07, 6.45) is 1.54. The molecule has 0 fully saturated rings. The molecule has 3 heterocycles. The van der Waals surface area contributed by atoms with Crippen molar-refractivity contribution in [3.8, 4) is 28.2 Å². The third kappa shape index (κ3) is 10.5. The monoisotopic (exact) mass is 895 g/mol. The van der Waals surface area contributed by atoms with Crippen molar-refractivity contribution in [3.63, 3.8) is 0 Å². The molecule has 338 valence electrons. The lowest BCUT2D eigenvalue weighted by Gasteiger charge is -2.19. The van der Waals surface area contributed by atoms with Crippen LogP contribution < -0.4 is 46.8 Å². The van der Waals surface area contributed by atoms with E-state index in [0.29, 0.717) is 34.8 Å². The number of aromatic nitrogens is 4. The minimum absolute atomic E-state index is 0.0404. The van der Waals surface area contributed by atoms with Crippen molar-refractivity contribution < 1.29 is 38.2 Å². The number of Topliss-reactive ketones (excluding diaryl/α,β-unsaturated/α-hetero) is 1. The van der Waals surface area contributed by atoms with E-state index < -0.39 is 29.4 Å². The van der Waals surface area contributed by atoms with E-state index in [9.17, 15) is 33.9 Å². The number of ether oxygens (including phenoxy) is 1. The summed E-state index contributed by atoms with van der Waals surface area (Å²) in [4.78, 5) is 91.7. The number of carboxylic acid groups (broad SMARTS) is 1. The van der Waals surface area contributed by atoms with Crippen LogP contribution in [0, 0.1) is 0 Å². The lowest BCUT2D eigenvalue weighted by atomic mass is 9.92. The van der Waals surface area contributed by atoms with Crippen molar-refractivity contribution >= 4 is 69.5 Å². The summed E-state index contributed by atoms with van der Waals surface area (Å²) in [6, 6.07) is 21.5. The van der Waals surface area contributed by atoms with Crippen molar-refractivity contribution in [1.29, 1.82) is 0 Å². The SMILES string of the molecule is CN(C)c1ccc2c(-c3ccc(C(=O)NCCCC(=O)CCC(NC(=O)c4ccc(NCc5cnc6nc(N)[nH]c(=O)c6n5)cc4)C(=O)O)cc3OC=O)c3ccc(=[N+](C)C)cc-3oc2c1. The van der Waals surface area contributed by atoms with Gasteiger partial charge in [0.25, 0.3) is 23.8 Å². The third-order valence-electron chi connectivity index (χ3n) is 10.8. The average Bonchev–Trinajstić information content (AvgIpc) is 3.30. The van der Waals surface area contributed by atoms with Crippen molar-refractivity contribution in [2.24, 2.45) is 0 Å². The third-order valence-corrected chi connectivity index (χ3v) is 10.8. The summed E-state index contributed by atoms with van der Waals surface area (Å²) in [5, 5.41) is 19.9. The quantitative estimate of drug-likeness (QED) is 0.0310. The topological polar surface area (TPSA) is 268 Å². The summed E-state index contributed by atoms with van der Waals surface area (Å²) in [7, 11) is 7.74. The number of anilines is 3. The Bertz CT molecular complexity index is 3100. The fourth-order valence-corrected chi connectivity index (χ4v) is 7.24. The van der Waals surface area contributed by atoms with E-state index in [2.05, 4.69) is 35.9 Å². The van der Waals surface area contributed by atoms with Gasteiger partial charge >= 0.3 is 5.97 Å². The molecule has 2 aliphatic rings. The van der Waals surface area contributed by atoms with E-state index in [1.165, 1.54) is 24.4 Å². The molecule has 19 nitrogen and oxygen atoms in total. The highest BCUT2D eigenvalue weighted by molar-refractivity contribution is 6.05. The molecule has 1 unspecified atom stereocenters. The zero-order valence-corrected chi connectivity index (χ0v) is 36.5. The molecule has 7 N–H and O–H groups in total. The second-order valence-electron chi connectivity index (χ2n) is 15.8. The molecule has 66 heavy (non-hydrogen) atoms. The van der Waals surface area contributed by atoms with Gasteiger partial charge in [-0.2, -0.15) is 4.98 Å². The van der Waals surface area contributed by atoms with Gasteiger partial charge in [0.05, 0.1) is 24.5 Å². The fourth-order valence-electron chi connectivity index (χ4n) is 7.24. The molecule has 19 heteroatoms. The molecular formula is C47H47N10O9+. The molecule has 3 aromatic carbocycles. The van der Waals surface area contributed by atoms with Crippen molar-refractivity contribution in [2.75, 3.05) is 50.7 Å². The molecule has 2 amide bonds. The molecule has 0 bridgehead atoms. The molecule has 1 aliphatic heterocycles. The number of hydrogen-bond acceptors (Lipinski definition) is 14. The fraction of sp³-hybridized carbons (Fsp3) is 0.234. The molecule has 5 aromatic rings. The molecule has 7 rings (SSSR count). The van der Waals surface area contributed by atoms with Crippen LogP contribution in [0.3, 0.4) is 0 Å². The van der Waals surface area contributed by atoms with Crippen LogP contribution in [0.2, 0.25) is 0 Å². The Kier molecular flexibility index (Phi) is 13.7. The number of aliphatic carboxylic acids is 1. The minimum Gasteiger partial charge on any atom is -0.480 e. The number of H-pyrrole nitrogens is 1. The minimum atomic E-state index is -1.32. The molecular weight excluding hydrogens is 849 g/mol. The molecule has 0 spiro atoms. The Hall–Kier alpha value is -8.48. The van der Waals surface area contributed by atoms with Crippen LogP contribution in [0.1, 0.15) is 52.1 Å². The van der Waals surface area contributed by atoms with Gasteiger partial charge in [0.15, 0.2) is 11.2 Å². The predicted octanol–water partition coefficient (Wildman–Crippen LogP) is 3.80. The molecule has 0 saturated heterocycles. The highest BCUT2D eigenvalue weighted by atomic mass is 16.5. The summed E-state index contributed by atoms with van der Waals surface area (Å²) >= 11 is 0. The van der Waals surface area contributed by atoms with Gasteiger partial charge in [-0.05, 0) is 73.5 Å². The Morgan fingerprint density at radius 2 is 1.70 bits per heavy atom. The standard InChI is InChI=1S/C47H46N10O9/c1-56(2)30-12-16-34-38(21-30)66-39-22-31(57(3)4)13-17-35(39)40(34)33-15-9-27(20-37(33)65-25-58)43(60)49-19-5-6-32(59)14-18-36(46(63)64)53-44(61)26-7-10-28(11-8-26)50-23-29-24-51-42-41(52-29)45(62)55-47(48)54-42/h7-13,15-17,20-22,24-25,36H,5-6,14,18-19,23H2,1-4H3,(H6-,48,49,50,51,53,54,55,60,61,62,63,64)/p+1. The van der Waals surface area contributed by atoms with Crippen LogP contribution >= 0.6 is 0 Å². The number of hydrogen-bond donors (Lipinski definition) is 6. The Labute approximate surface area is 376 Å². The second-order valence-corrected chi connectivity index (χ2v) is 15.8. The van der Waals surface area contributed by atoms with E-state index in [-0.39, 0.29) is 78.5 Å². The normalized spacial score (nSPS) is 11.5. The average molecular weight is 896 g/mol. The van der Waals surface area contributed by atoms with Gasteiger partial charge in [-0.25, -0.2) is 19.3 Å². The molecule has 1 aliphatic carbocycles. The van der Waals surface area contributed by atoms with Gasteiger partial charge in [0, 0.05) is 90.2 Å². The van der Waals surface area contributed by atoms with Crippen LogP contribution in [-0.2, 0) is 20.9 Å². The number of carbonyl (C=O) groups excluding carboxylic acids is 4. The van der Waals surface area contributed by atoms with E-state index in [1.54, 1.807) is 24.3 Å². The zero-order valence-electron chi connectivity index (χ0n) is 36.5. The lowest BCUT2D eigenvalue weighted by Crippen LogP contribution is -2.41. The number of fused-ring (bicyclic) bond motifs is 3. The van der Waals surface area contributed by atoms with E-state index in [0.717, 1.165) is 27.6 Å². The molecule has 2 aromatic heterocycles. The maximum Gasteiger partial charge on any atom is 0.326 e. The summed E-state index contributed by atoms with van der Waals surface area (Å²) in [6.45, 7) is 0.648. The van der Waals surface area contributed by atoms with Gasteiger partial charge in [0.1, 0.15) is 43.0 Å². The smallest absolute Gasteiger partial charge is 0.326 e. The number of benzene rings is 4. The first-order chi connectivity index (χ1) is 31.7. The van der Waals surface area contributed by atoms with Crippen LogP contribution in [0.25, 0.3) is 44.6 Å². The van der Waals surface area contributed by atoms with E-state index >= 15 is 0 Å². The van der Waals surface area contributed by atoms with Crippen molar-refractivity contribution in [3.05, 3.63) is 118 Å². The molecule has 1 atom stereocenters. The van der Waals surface area contributed by atoms with E-state index in [1.807, 2.05) is 74.1 Å². The van der Waals surface area contributed by atoms with Gasteiger partial charge in [-0.3, -0.25) is 29.0 Å². The van der Waals surface area contributed by atoms with Gasteiger partial charge in [-0.1, -0.05) is 0 Å².